The molecule has 0 radical (unpaired) electrons. The van der Waals surface area contributed by atoms with Gasteiger partial charge in [-0.05, 0) is 38.8 Å². The number of hydrogen-bond acceptors (Lipinski definition) is 5. The summed E-state index contributed by atoms with van der Waals surface area (Å²) in [5.41, 5.74) is 2.37. The predicted octanol–water partition coefficient (Wildman–Crippen LogP) is 2.47. The molecule has 3 aromatic rings. The highest BCUT2D eigenvalue weighted by molar-refractivity contribution is 5.95. The molecule has 1 fully saturated rings. The molecule has 0 bridgehead atoms. The van der Waals surface area contributed by atoms with E-state index in [-0.39, 0.29) is 5.91 Å². The van der Waals surface area contributed by atoms with Gasteiger partial charge in [-0.15, -0.1) is 0 Å². The second-order valence-electron chi connectivity index (χ2n) is 7.60. The molecule has 3 N–H and O–H groups in total. The molecule has 1 saturated carbocycles. The average molecular weight is 365 g/mol. The lowest BCUT2D eigenvalue weighted by Gasteiger charge is -2.18. The van der Waals surface area contributed by atoms with Gasteiger partial charge in [-0.3, -0.25) is 9.20 Å². The highest BCUT2D eigenvalue weighted by atomic mass is 16.3. The predicted molar refractivity (Wildman–Crippen MR) is 104 cm³/mol. The fourth-order valence-electron chi connectivity index (χ4n) is 2.85. The molecular formula is C20H23N5O2. The minimum Gasteiger partial charge on any atom is -0.389 e. The molecule has 0 aliphatic heterocycles. The molecule has 1 aliphatic carbocycles. The zero-order chi connectivity index (χ0) is 19.0. The van der Waals surface area contributed by atoms with Gasteiger partial charge in [0.1, 0.15) is 0 Å². The fraction of sp³-hybridized carbons (Fsp3) is 0.350. The number of carbonyl (C=O) groups excluding carboxylic acids is 1. The first kappa shape index (κ1) is 17.5. The van der Waals surface area contributed by atoms with Gasteiger partial charge < -0.3 is 15.7 Å². The third-order valence-corrected chi connectivity index (χ3v) is 4.47. The molecule has 0 atom stereocenters. The van der Waals surface area contributed by atoms with Crippen LogP contribution in [0.25, 0.3) is 16.9 Å². The van der Waals surface area contributed by atoms with Crippen molar-refractivity contribution in [2.24, 2.45) is 0 Å². The van der Waals surface area contributed by atoms with E-state index in [2.05, 4.69) is 20.6 Å². The highest BCUT2D eigenvalue weighted by Crippen LogP contribution is 2.24. The number of anilines is 1. The van der Waals surface area contributed by atoms with Crippen molar-refractivity contribution in [2.45, 2.75) is 38.3 Å². The van der Waals surface area contributed by atoms with Crippen molar-refractivity contribution in [3.05, 3.63) is 48.4 Å². The van der Waals surface area contributed by atoms with Crippen LogP contribution in [-0.2, 0) is 0 Å². The molecule has 1 aliphatic rings. The van der Waals surface area contributed by atoms with E-state index in [1.165, 1.54) is 0 Å². The summed E-state index contributed by atoms with van der Waals surface area (Å²) in [6.07, 6.45) is 7.47. The van der Waals surface area contributed by atoms with E-state index in [1.54, 1.807) is 26.2 Å². The van der Waals surface area contributed by atoms with Crippen molar-refractivity contribution < 1.29 is 9.90 Å². The third kappa shape index (κ3) is 3.93. The van der Waals surface area contributed by atoms with Gasteiger partial charge in [0.15, 0.2) is 11.5 Å². The first-order valence-corrected chi connectivity index (χ1v) is 9.10. The largest absolute Gasteiger partial charge is 0.389 e. The standard InChI is InChI=1S/C20H23N5O2/c1-20(2,27)12-23-17-18-22-11-16(25(18)10-9-21-17)13-3-5-14(6-4-13)19(26)24-15-7-8-15/h3-6,9-11,15,27H,7-8,12H2,1-2H3,(H,21,23)(H,24,26). The Labute approximate surface area is 157 Å². The summed E-state index contributed by atoms with van der Waals surface area (Å²) >= 11 is 0. The van der Waals surface area contributed by atoms with Gasteiger partial charge in [-0.1, -0.05) is 12.1 Å². The van der Waals surface area contributed by atoms with E-state index >= 15 is 0 Å². The Hall–Kier alpha value is -2.93. The molecule has 0 spiro atoms. The van der Waals surface area contributed by atoms with E-state index in [4.69, 9.17) is 0 Å². The van der Waals surface area contributed by atoms with Crippen molar-refractivity contribution in [2.75, 3.05) is 11.9 Å². The number of amides is 1. The zero-order valence-electron chi connectivity index (χ0n) is 15.4. The lowest BCUT2D eigenvalue weighted by atomic mass is 10.1. The van der Waals surface area contributed by atoms with Crippen LogP contribution >= 0.6 is 0 Å². The summed E-state index contributed by atoms with van der Waals surface area (Å²) in [5, 5.41) is 16.1. The molecule has 2 heterocycles. The van der Waals surface area contributed by atoms with Gasteiger partial charge in [-0.25, -0.2) is 9.97 Å². The zero-order valence-corrected chi connectivity index (χ0v) is 15.4. The summed E-state index contributed by atoms with van der Waals surface area (Å²) in [4.78, 5) is 20.9. The maximum Gasteiger partial charge on any atom is 0.251 e. The summed E-state index contributed by atoms with van der Waals surface area (Å²) in [6.45, 7) is 3.84. The molecule has 1 aromatic carbocycles. The van der Waals surface area contributed by atoms with Gasteiger partial charge in [-0.2, -0.15) is 0 Å². The first-order valence-electron chi connectivity index (χ1n) is 9.10. The van der Waals surface area contributed by atoms with Gasteiger partial charge in [0.05, 0.1) is 17.5 Å². The van der Waals surface area contributed by atoms with Crippen LogP contribution < -0.4 is 10.6 Å². The molecule has 1 amide bonds. The normalized spacial score (nSPS) is 14.3. The van der Waals surface area contributed by atoms with Gasteiger partial charge >= 0.3 is 0 Å². The van der Waals surface area contributed by atoms with Crippen molar-refractivity contribution >= 4 is 17.4 Å². The topological polar surface area (TPSA) is 91.5 Å². The molecule has 0 saturated heterocycles. The maximum absolute atomic E-state index is 12.1. The Balaban J connectivity index is 1.59. The van der Waals surface area contributed by atoms with Crippen molar-refractivity contribution in [1.29, 1.82) is 0 Å². The van der Waals surface area contributed by atoms with Gasteiger partial charge in [0.2, 0.25) is 0 Å². The minimum atomic E-state index is -0.846. The summed E-state index contributed by atoms with van der Waals surface area (Å²) in [5.74, 6) is 0.593. The Morgan fingerprint density at radius 3 is 2.67 bits per heavy atom. The van der Waals surface area contributed by atoms with Crippen LogP contribution in [0.4, 0.5) is 5.82 Å². The van der Waals surface area contributed by atoms with E-state index in [0.29, 0.717) is 29.6 Å². The van der Waals surface area contributed by atoms with Crippen LogP contribution in [0.1, 0.15) is 37.0 Å². The molecule has 27 heavy (non-hydrogen) atoms. The van der Waals surface area contributed by atoms with Gasteiger partial charge in [0.25, 0.3) is 5.91 Å². The first-order chi connectivity index (χ1) is 12.9. The Morgan fingerprint density at radius 1 is 1.26 bits per heavy atom. The molecule has 4 rings (SSSR count). The molecular weight excluding hydrogens is 342 g/mol. The number of hydrogen-bond donors (Lipinski definition) is 3. The fourth-order valence-corrected chi connectivity index (χ4v) is 2.85. The Kier molecular flexibility index (Phi) is 4.31. The summed E-state index contributed by atoms with van der Waals surface area (Å²) in [6, 6.07) is 7.87. The number of rotatable bonds is 6. The smallest absolute Gasteiger partial charge is 0.251 e. The Morgan fingerprint density at radius 2 is 2.00 bits per heavy atom. The number of nitrogens with zero attached hydrogens (tertiary/aromatic N) is 3. The lowest BCUT2D eigenvalue weighted by molar-refractivity contribution is 0.0939. The number of fused-ring (bicyclic) bond motifs is 1. The number of aliphatic hydroxyl groups is 1. The van der Waals surface area contributed by atoms with E-state index in [9.17, 15) is 9.90 Å². The second kappa shape index (κ2) is 6.66. The summed E-state index contributed by atoms with van der Waals surface area (Å²) in [7, 11) is 0. The van der Waals surface area contributed by atoms with E-state index in [1.807, 2.05) is 34.9 Å². The van der Waals surface area contributed by atoms with Crippen molar-refractivity contribution in [3.63, 3.8) is 0 Å². The number of nitrogens with one attached hydrogen (secondary N) is 2. The number of benzene rings is 1. The second-order valence-corrected chi connectivity index (χ2v) is 7.60. The van der Waals surface area contributed by atoms with Gasteiger partial charge in [0, 0.05) is 36.1 Å². The molecule has 7 heteroatoms. The quantitative estimate of drug-likeness (QED) is 0.624. The molecule has 0 unspecified atom stereocenters. The maximum atomic E-state index is 12.1. The van der Waals surface area contributed by atoms with Crippen molar-refractivity contribution in [1.82, 2.24) is 19.7 Å². The number of aromatic nitrogens is 3. The molecule has 7 nitrogen and oxygen atoms in total. The van der Waals surface area contributed by atoms with Crippen LogP contribution in [0.15, 0.2) is 42.9 Å². The number of imidazole rings is 1. The van der Waals surface area contributed by atoms with Crippen molar-refractivity contribution in [3.8, 4) is 11.3 Å². The monoisotopic (exact) mass is 365 g/mol. The Bertz CT molecular complexity index is 968. The van der Waals surface area contributed by atoms with Crippen LogP contribution in [0, 0.1) is 0 Å². The third-order valence-electron chi connectivity index (χ3n) is 4.47. The average Bonchev–Trinajstić information content (AvgIpc) is 3.34. The van der Waals surface area contributed by atoms with Crippen LogP contribution in [0.2, 0.25) is 0 Å². The minimum absolute atomic E-state index is 0.0236. The van der Waals surface area contributed by atoms with Crippen LogP contribution in [0.3, 0.4) is 0 Å². The molecule has 2 aromatic heterocycles. The SMILES string of the molecule is CC(C)(O)CNc1nccn2c(-c3ccc(C(=O)NC4CC4)cc3)cnc12. The van der Waals surface area contributed by atoms with E-state index in [0.717, 1.165) is 24.1 Å². The van der Waals surface area contributed by atoms with Crippen LogP contribution in [-0.4, -0.2) is 43.6 Å². The highest BCUT2D eigenvalue weighted by Gasteiger charge is 2.23. The summed E-state index contributed by atoms with van der Waals surface area (Å²) < 4.78 is 1.94. The van der Waals surface area contributed by atoms with E-state index < -0.39 is 5.60 Å². The van der Waals surface area contributed by atoms with Crippen LogP contribution in [0.5, 0.6) is 0 Å². The number of carbonyl (C=O) groups is 1. The molecule has 140 valence electrons. The lowest BCUT2D eigenvalue weighted by Crippen LogP contribution is -2.29.